The Morgan fingerprint density at radius 2 is 2.05 bits per heavy atom. The molecule has 2 N–H and O–H groups in total. The Morgan fingerprint density at radius 1 is 1.38 bits per heavy atom. The molecule has 0 saturated carbocycles. The van der Waals surface area contributed by atoms with Gasteiger partial charge in [-0.25, -0.2) is 0 Å². The van der Waals surface area contributed by atoms with Crippen LogP contribution in [0.4, 0.5) is 5.69 Å². The fraction of sp³-hybridized carbons (Fsp3) is 0.500. The molecule has 1 rings (SSSR count). The van der Waals surface area contributed by atoms with Crippen molar-refractivity contribution in [3.63, 3.8) is 0 Å². The van der Waals surface area contributed by atoms with Crippen molar-refractivity contribution in [3.8, 4) is 6.07 Å². The van der Waals surface area contributed by atoms with E-state index in [4.69, 9.17) is 10.4 Å². The second-order valence-electron chi connectivity index (χ2n) is 4.97. The molecule has 21 heavy (non-hydrogen) atoms. The molecule has 0 saturated heterocycles. The minimum absolute atomic E-state index is 0.0399. The number of rotatable bonds is 8. The van der Waals surface area contributed by atoms with Crippen LogP contribution in [0.15, 0.2) is 24.3 Å². The van der Waals surface area contributed by atoms with Crippen molar-refractivity contribution in [2.45, 2.75) is 32.7 Å². The summed E-state index contributed by atoms with van der Waals surface area (Å²) in [5, 5.41) is 20.7. The first kappa shape index (κ1) is 17.2. The van der Waals surface area contributed by atoms with Gasteiger partial charge in [-0.1, -0.05) is 13.3 Å². The molecule has 5 heteroatoms. The van der Waals surface area contributed by atoms with Crippen LogP contribution < -0.4 is 5.32 Å². The SMILES string of the molecule is CCCCN(CCO)C(C)C(=O)Nc1ccc(C#N)cc1. The van der Waals surface area contributed by atoms with Crippen molar-refractivity contribution in [1.82, 2.24) is 4.90 Å². The highest BCUT2D eigenvalue weighted by atomic mass is 16.3. The predicted octanol–water partition coefficient (Wildman–Crippen LogP) is 1.98. The molecule has 5 nitrogen and oxygen atoms in total. The molecule has 0 radical (unpaired) electrons. The van der Waals surface area contributed by atoms with Crippen LogP contribution >= 0.6 is 0 Å². The van der Waals surface area contributed by atoms with E-state index in [0.29, 0.717) is 17.8 Å². The summed E-state index contributed by atoms with van der Waals surface area (Å²) >= 11 is 0. The highest BCUT2D eigenvalue weighted by molar-refractivity contribution is 5.94. The lowest BCUT2D eigenvalue weighted by Gasteiger charge is -2.27. The normalized spacial score (nSPS) is 12.0. The van der Waals surface area contributed by atoms with E-state index in [1.54, 1.807) is 24.3 Å². The predicted molar refractivity (Wildman–Crippen MR) is 82.8 cm³/mol. The van der Waals surface area contributed by atoms with Crippen molar-refractivity contribution in [1.29, 1.82) is 5.26 Å². The summed E-state index contributed by atoms with van der Waals surface area (Å²) in [5.41, 5.74) is 1.23. The van der Waals surface area contributed by atoms with Gasteiger partial charge in [0.25, 0.3) is 0 Å². The number of aliphatic hydroxyl groups excluding tert-OH is 1. The molecule has 0 spiro atoms. The monoisotopic (exact) mass is 289 g/mol. The number of nitrogens with one attached hydrogen (secondary N) is 1. The standard InChI is InChI=1S/C16H23N3O2/c1-3-4-9-19(10-11-20)13(2)16(21)18-15-7-5-14(12-17)6-8-15/h5-8,13,20H,3-4,9-11H2,1-2H3,(H,18,21). The maximum atomic E-state index is 12.2. The molecule has 114 valence electrons. The van der Waals surface area contributed by atoms with E-state index in [1.165, 1.54) is 0 Å². The minimum atomic E-state index is -0.306. The van der Waals surface area contributed by atoms with Crippen LogP contribution in [0.3, 0.4) is 0 Å². The number of hydrogen-bond acceptors (Lipinski definition) is 4. The molecular formula is C16H23N3O2. The zero-order valence-electron chi connectivity index (χ0n) is 12.7. The van der Waals surface area contributed by atoms with Gasteiger partial charge in [0.05, 0.1) is 24.3 Å². The topological polar surface area (TPSA) is 76.4 Å². The summed E-state index contributed by atoms with van der Waals surface area (Å²) in [7, 11) is 0. The maximum absolute atomic E-state index is 12.2. The Balaban J connectivity index is 2.64. The smallest absolute Gasteiger partial charge is 0.241 e. The van der Waals surface area contributed by atoms with Gasteiger partial charge < -0.3 is 10.4 Å². The Morgan fingerprint density at radius 3 is 2.57 bits per heavy atom. The maximum Gasteiger partial charge on any atom is 0.241 e. The molecule has 1 amide bonds. The number of hydrogen-bond donors (Lipinski definition) is 2. The van der Waals surface area contributed by atoms with Crippen LogP contribution in [0, 0.1) is 11.3 Å². The Bertz CT molecular complexity index is 479. The van der Waals surface area contributed by atoms with Crippen LogP contribution in [0.2, 0.25) is 0 Å². The fourth-order valence-corrected chi connectivity index (χ4v) is 2.03. The number of carbonyl (C=O) groups excluding carboxylic acids is 1. The number of aliphatic hydroxyl groups is 1. The number of benzene rings is 1. The third kappa shape index (κ3) is 5.54. The van der Waals surface area contributed by atoms with Crippen molar-refractivity contribution in [3.05, 3.63) is 29.8 Å². The summed E-state index contributed by atoms with van der Waals surface area (Å²) in [6.07, 6.45) is 2.04. The minimum Gasteiger partial charge on any atom is -0.395 e. The number of unbranched alkanes of at least 4 members (excludes halogenated alkanes) is 1. The van der Waals surface area contributed by atoms with Gasteiger partial charge in [0.15, 0.2) is 0 Å². The first-order chi connectivity index (χ1) is 10.1. The van der Waals surface area contributed by atoms with Crippen molar-refractivity contribution >= 4 is 11.6 Å². The average Bonchev–Trinajstić information content (AvgIpc) is 2.51. The van der Waals surface area contributed by atoms with E-state index in [0.717, 1.165) is 19.4 Å². The van der Waals surface area contributed by atoms with Crippen LogP contribution in [0.5, 0.6) is 0 Å². The molecule has 1 aromatic carbocycles. The van der Waals surface area contributed by atoms with Gasteiger partial charge in [0.2, 0.25) is 5.91 Å². The summed E-state index contributed by atoms with van der Waals surface area (Å²) in [4.78, 5) is 14.2. The molecule has 0 fully saturated rings. The van der Waals surface area contributed by atoms with E-state index in [-0.39, 0.29) is 18.6 Å². The van der Waals surface area contributed by atoms with Gasteiger partial charge in [-0.2, -0.15) is 5.26 Å². The van der Waals surface area contributed by atoms with E-state index < -0.39 is 0 Å². The summed E-state index contributed by atoms with van der Waals surface area (Å²) in [6, 6.07) is 8.50. The zero-order chi connectivity index (χ0) is 15.7. The van der Waals surface area contributed by atoms with Gasteiger partial charge in [-0.15, -0.1) is 0 Å². The molecule has 0 aliphatic carbocycles. The van der Waals surface area contributed by atoms with E-state index >= 15 is 0 Å². The molecular weight excluding hydrogens is 266 g/mol. The fourth-order valence-electron chi connectivity index (χ4n) is 2.03. The number of amides is 1. The van der Waals surface area contributed by atoms with E-state index in [2.05, 4.69) is 12.2 Å². The number of anilines is 1. The third-order valence-electron chi connectivity index (χ3n) is 3.39. The van der Waals surface area contributed by atoms with Crippen LogP contribution in [0.25, 0.3) is 0 Å². The summed E-state index contributed by atoms with van der Waals surface area (Å²) in [6.45, 7) is 5.25. The van der Waals surface area contributed by atoms with Crippen molar-refractivity contribution in [2.75, 3.05) is 25.0 Å². The lowest BCUT2D eigenvalue weighted by atomic mass is 10.2. The van der Waals surface area contributed by atoms with Crippen LogP contribution in [0.1, 0.15) is 32.3 Å². The molecule has 0 bridgehead atoms. The molecule has 0 heterocycles. The molecule has 1 atom stereocenters. The van der Waals surface area contributed by atoms with Gasteiger partial charge in [-0.05, 0) is 44.2 Å². The largest absolute Gasteiger partial charge is 0.395 e. The lowest BCUT2D eigenvalue weighted by molar-refractivity contribution is -0.120. The summed E-state index contributed by atoms with van der Waals surface area (Å²) < 4.78 is 0. The molecule has 1 unspecified atom stereocenters. The molecule has 0 aliphatic heterocycles. The van der Waals surface area contributed by atoms with Crippen molar-refractivity contribution < 1.29 is 9.90 Å². The first-order valence-corrected chi connectivity index (χ1v) is 7.28. The number of carbonyl (C=O) groups is 1. The summed E-state index contributed by atoms with van der Waals surface area (Å²) in [5.74, 6) is -0.107. The van der Waals surface area contributed by atoms with E-state index in [1.807, 2.05) is 17.9 Å². The Labute approximate surface area is 126 Å². The van der Waals surface area contributed by atoms with Gasteiger partial charge in [0, 0.05) is 12.2 Å². The second kappa shape index (κ2) is 9.11. The first-order valence-electron chi connectivity index (χ1n) is 7.28. The van der Waals surface area contributed by atoms with Crippen LogP contribution in [-0.2, 0) is 4.79 Å². The zero-order valence-corrected chi connectivity index (χ0v) is 12.7. The van der Waals surface area contributed by atoms with Crippen LogP contribution in [-0.4, -0.2) is 41.7 Å². The van der Waals surface area contributed by atoms with Gasteiger partial charge >= 0.3 is 0 Å². The Hall–Kier alpha value is -1.90. The second-order valence-corrected chi connectivity index (χ2v) is 4.97. The van der Waals surface area contributed by atoms with Gasteiger partial charge in [0.1, 0.15) is 0 Å². The average molecular weight is 289 g/mol. The van der Waals surface area contributed by atoms with Gasteiger partial charge in [-0.3, -0.25) is 9.69 Å². The molecule has 0 aromatic heterocycles. The van der Waals surface area contributed by atoms with Crippen molar-refractivity contribution in [2.24, 2.45) is 0 Å². The molecule has 1 aromatic rings. The number of nitrogens with zero attached hydrogens (tertiary/aromatic N) is 2. The highest BCUT2D eigenvalue weighted by Crippen LogP contribution is 2.11. The van der Waals surface area contributed by atoms with E-state index in [9.17, 15) is 4.79 Å². The molecule has 0 aliphatic rings. The Kier molecular flexibility index (Phi) is 7.44. The lowest BCUT2D eigenvalue weighted by Crippen LogP contribution is -2.43. The highest BCUT2D eigenvalue weighted by Gasteiger charge is 2.20. The quantitative estimate of drug-likeness (QED) is 0.767. The third-order valence-corrected chi connectivity index (χ3v) is 3.39. The number of nitriles is 1.